The summed E-state index contributed by atoms with van der Waals surface area (Å²) >= 11 is 0. The first-order valence-electron chi connectivity index (χ1n) is 3.89. The highest BCUT2D eigenvalue weighted by molar-refractivity contribution is 5.68. The molecule has 1 amide bonds. The SMILES string of the molecule is CC(CN)N1CCCOC1=O. The van der Waals surface area contributed by atoms with Crippen molar-refractivity contribution in [2.24, 2.45) is 5.73 Å². The molecule has 1 unspecified atom stereocenters. The Hall–Kier alpha value is -0.770. The van der Waals surface area contributed by atoms with Gasteiger partial charge in [-0.1, -0.05) is 0 Å². The van der Waals surface area contributed by atoms with Gasteiger partial charge in [0.2, 0.25) is 0 Å². The first kappa shape index (κ1) is 8.33. The maximum Gasteiger partial charge on any atom is 0.410 e. The summed E-state index contributed by atoms with van der Waals surface area (Å²) in [7, 11) is 0. The highest BCUT2D eigenvalue weighted by Crippen LogP contribution is 2.07. The van der Waals surface area contributed by atoms with Gasteiger partial charge in [0.1, 0.15) is 0 Å². The number of hydrogen-bond donors (Lipinski definition) is 1. The highest BCUT2D eigenvalue weighted by atomic mass is 16.6. The molecule has 1 aliphatic rings. The van der Waals surface area contributed by atoms with Gasteiger partial charge in [0, 0.05) is 19.1 Å². The standard InChI is InChI=1S/C7H14N2O2/c1-6(5-8)9-3-2-4-11-7(9)10/h6H,2-5,8H2,1H3. The van der Waals surface area contributed by atoms with Gasteiger partial charge < -0.3 is 15.4 Å². The molecule has 0 aromatic carbocycles. The third kappa shape index (κ3) is 1.83. The lowest BCUT2D eigenvalue weighted by atomic mass is 10.2. The van der Waals surface area contributed by atoms with E-state index in [1.807, 2.05) is 6.92 Å². The van der Waals surface area contributed by atoms with Crippen LogP contribution in [0.4, 0.5) is 4.79 Å². The summed E-state index contributed by atoms with van der Waals surface area (Å²) in [6, 6.07) is 0.0998. The van der Waals surface area contributed by atoms with Gasteiger partial charge in [-0.2, -0.15) is 0 Å². The predicted octanol–water partition coefficient (Wildman–Crippen LogP) is 0.176. The van der Waals surface area contributed by atoms with Gasteiger partial charge in [0.25, 0.3) is 0 Å². The van der Waals surface area contributed by atoms with Crippen LogP contribution in [0.2, 0.25) is 0 Å². The summed E-state index contributed by atoms with van der Waals surface area (Å²) in [5.41, 5.74) is 5.42. The third-order valence-corrected chi connectivity index (χ3v) is 1.88. The van der Waals surface area contributed by atoms with Crippen molar-refractivity contribution in [3.8, 4) is 0 Å². The van der Waals surface area contributed by atoms with Gasteiger partial charge >= 0.3 is 6.09 Å². The van der Waals surface area contributed by atoms with Crippen LogP contribution in [-0.2, 0) is 4.74 Å². The molecular weight excluding hydrogens is 144 g/mol. The quantitative estimate of drug-likeness (QED) is 0.623. The fourth-order valence-electron chi connectivity index (χ4n) is 1.10. The van der Waals surface area contributed by atoms with E-state index in [1.54, 1.807) is 4.90 Å². The van der Waals surface area contributed by atoms with Crippen molar-refractivity contribution >= 4 is 6.09 Å². The molecule has 1 atom stereocenters. The van der Waals surface area contributed by atoms with Gasteiger partial charge in [-0.3, -0.25) is 0 Å². The number of hydrogen-bond acceptors (Lipinski definition) is 3. The second-order valence-corrected chi connectivity index (χ2v) is 2.75. The molecule has 0 radical (unpaired) electrons. The molecule has 1 fully saturated rings. The number of nitrogens with two attached hydrogens (primary N) is 1. The maximum atomic E-state index is 11.0. The van der Waals surface area contributed by atoms with Crippen LogP contribution < -0.4 is 5.73 Å². The summed E-state index contributed by atoms with van der Waals surface area (Å²) < 4.78 is 4.84. The lowest BCUT2D eigenvalue weighted by Crippen LogP contribution is -2.46. The average molecular weight is 158 g/mol. The summed E-state index contributed by atoms with van der Waals surface area (Å²) in [6.07, 6.45) is 0.685. The number of nitrogens with zero attached hydrogens (tertiary/aromatic N) is 1. The van der Waals surface area contributed by atoms with Crippen molar-refractivity contribution in [3.05, 3.63) is 0 Å². The molecule has 1 saturated heterocycles. The Morgan fingerprint density at radius 2 is 2.55 bits per heavy atom. The zero-order chi connectivity index (χ0) is 8.27. The number of amides is 1. The summed E-state index contributed by atoms with van der Waals surface area (Å²) in [5, 5.41) is 0. The summed E-state index contributed by atoms with van der Waals surface area (Å²) in [6.45, 7) is 3.74. The van der Waals surface area contributed by atoms with Gasteiger partial charge in [-0.05, 0) is 13.3 Å². The Balaban J connectivity index is 2.47. The molecule has 1 rings (SSSR count). The van der Waals surface area contributed by atoms with Crippen molar-refractivity contribution in [3.63, 3.8) is 0 Å². The molecule has 11 heavy (non-hydrogen) atoms. The minimum atomic E-state index is -0.228. The topological polar surface area (TPSA) is 55.6 Å². The van der Waals surface area contributed by atoms with E-state index in [-0.39, 0.29) is 12.1 Å². The number of carbonyl (C=O) groups is 1. The molecule has 0 bridgehead atoms. The molecule has 4 heteroatoms. The lowest BCUT2D eigenvalue weighted by Gasteiger charge is -2.30. The van der Waals surface area contributed by atoms with Crippen LogP contribution in [0.3, 0.4) is 0 Å². The van der Waals surface area contributed by atoms with E-state index < -0.39 is 0 Å². The highest BCUT2D eigenvalue weighted by Gasteiger charge is 2.23. The van der Waals surface area contributed by atoms with E-state index in [2.05, 4.69) is 0 Å². The second kappa shape index (κ2) is 3.57. The lowest BCUT2D eigenvalue weighted by molar-refractivity contribution is 0.0596. The fourth-order valence-corrected chi connectivity index (χ4v) is 1.10. The van der Waals surface area contributed by atoms with Gasteiger partial charge in [-0.25, -0.2) is 4.79 Å². The molecule has 4 nitrogen and oxygen atoms in total. The molecule has 1 aliphatic heterocycles. The first-order chi connectivity index (χ1) is 5.25. The Bertz CT molecular complexity index is 149. The zero-order valence-electron chi connectivity index (χ0n) is 6.75. The molecule has 0 spiro atoms. The van der Waals surface area contributed by atoms with E-state index in [1.165, 1.54) is 0 Å². The Morgan fingerprint density at radius 3 is 3.09 bits per heavy atom. The minimum Gasteiger partial charge on any atom is -0.449 e. The third-order valence-electron chi connectivity index (χ3n) is 1.88. The van der Waals surface area contributed by atoms with Crippen LogP contribution in [0.25, 0.3) is 0 Å². The minimum absolute atomic E-state index is 0.0998. The molecule has 0 saturated carbocycles. The summed E-state index contributed by atoms with van der Waals surface area (Å²) in [4.78, 5) is 12.7. The molecule has 2 N–H and O–H groups in total. The van der Waals surface area contributed by atoms with Crippen molar-refractivity contribution in [1.82, 2.24) is 4.90 Å². The molecule has 1 heterocycles. The van der Waals surface area contributed by atoms with E-state index >= 15 is 0 Å². The molecule has 0 aromatic rings. The Kier molecular flexibility index (Phi) is 2.70. The van der Waals surface area contributed by atoms with E-state index in [4.69, 9.17) is 10.5 Å². The van der Waals surface area contributed by atoms with Crippen LogP contribution in [0.1, 0.15) is 13.3 Å². The van der Waals surface area contributed by atoms with Gasteiger partial charge in [0.05, 0.1) is 6.61 Å². The van der Waals surface area contributed by atoms with Crippen LogP contribution >= 0.6 is 0 Å². The molecule has 0 aliphatic carbocycles. The second-order valence-electron chi connectivity index (χ2n) is 2.75. The van der Waals surface area contributed by atoms with Gasteiger partial charge in [0.15, 0.2) is 0 Å². The van der Waals surface area contributed by atoms with Crippen LogP contribution in [0, 0.1) is 0 Å². The summed E-state index contributed by atoms with van der Waals surface area (Å²) in [5.74, 6) is 0. The van der Waals surface area contributed by atoms with Crippen molar-refractivity contribution < 1.29 is 9.53 Å². The average Bonchev–Trinajstić information content (AvgIpc) is 2.04. The Morgan fingerprint density at radius 1 is 1.82 bits per heavy atom. The van der Waals surface area contributed by atoms with E-state index in [0.29, 0.717) is 13.2 Å². The predicted molar refractivity (Wildman–Crippen MR) is 41.2 cm³/mol. The van der Waals surface area contributed by atoms with Crippen LogP contribution in [-0.4, -0.2) is 36.7 Å². The van der Waals surface area contributed by atoms with Crippen LogP contribution in [0.15, 0.2) is 0 Å². The molecule has 64 valence electrons. The first-order valence-corrected chi connectivity index (χ1v) is 3.89. The normalized spacial score (nSPS) is 21.3. The zero-order valence-corrected chi connectivity index (χ0v) is 6.75. The number of rotatable bonds is 2. The monoisotopic (exact) mass is 158 g/mol. The van der Waals surface area contributed by atoms with E-state index in [9.17, 15) is 4.79 Å². The van der Waals surface area contributed by atoms with Crippen molar-refractivity contribution in [1.29, 1.82) is 0 Å². The molecular formula is C7H14N2O2. The van der Waals surface area contributed by atoms with Crippen molar-refractivity contribution in [2.75, 3.05) is 19.7 Å². The number of carbonyl (C=O) groups excluding carboxylic acids is 1. The number of ether oxygens (including phenoxy) is 1. The van der Waals surface area contributed by atoms with Crippen molar-refractivity contribution in [2.45, 2.75) is 19.4 Å². The van der Waals surface area contributed by atoms with Gasteiger partial charge in [-0.15, -0.1) is 0 Å². The largest absolute Gasteiger partial charge is 0.449 e. The maximum absolute atomic E-state index is 11.0. The number of cyclic esters (lactones) is 1. The fraction of sp³-hybridized carbons (Fsp3) is 0.857. The van der Waals surface area contributed by atoms with Crippen LogP contribution in [0.5, 0.6) is 0 Å². The smallest absolute Gasteiger partial charge is 0.410 e. The van der Waals surface area contributed by atoms with E-state index in [0.717, 1.165) is 13.0 Å². The molecule has 0 aromatic heterocycles. The Labute approximate surface area is 66.3 Å².